The topological polar surface area (TPSA) is 49.3 Å². The summed E-state index contributed by atoms with van der Waals surface area (Å²) in [7, 11) is 0. The molecule has 0 aliphatic rings. The van der Waals surface area contributed by atoms with Crippen LogP contribution in [0, 0.1) is 0 Å². The van der Waals surface area contributed by atoms with E-state index in [0.717, 1.165) is 5.56 Å². The first-order valence-electron chi connectivity index (χ1n) is 4.87. The molecule has 0 aliphatic carbocycles. The van der Waals surface area contributed by atoms with E-state index < -0.39 is 6.10 Å². The molecule has 1 atom stereocenters. The van der Waals surface area contributed by atoms with Gasteiger partial charge in [-0.15, -0.1) is 0 Å². The molecular weight excluding hydrogens is 190 g/mol. The average molecular weight is 205 g/mol. The molecular formula is C12H15NO2. The van der Waals surface area contributed by atoms with Gasteiger partial charge in [0.1, 0.15) is 0 Å². The van der Waals surface area contributed by atoms with Gasteiger partial charge >= 0.3 is 0 Å². The molecule has 15 heavy (non-hydrogen) atoms. The van der Waals surface area contributed by atoms with Gasteiger partial charge in [-0.05, 0) is 18.6 Å². The van der Waals surface area contributed by atoms with Gasteiger partial charge in [0.25, 0.3) is 0 Å². The lowest BCUT2D eigenvalue weighted by Gasteiger charge is -2.03. The Kier molecular flexibility index (Phi) is 4.57. The Balaban J connectivity index is 2.41. The molecule has 1 rings (SSSR count). The van der Waals surface area contributed by atoms with Crippen molar-refractivity contribution in [2.75, 3.05) is 6.54 Å². The first-order valence-corrected chi connectivity index (χ1v) is 4.87. The van der Waals surface area contributed by atoms with Crippen molar-refractivity contribution < 1.29 is 9.90 Å². The smallest absolute Gasteiger partial charge is 0.244 e. The largest absolute Gasteiger partial charge is 0.392 e. The number of hydrogen-bond donors (Lipinski definition) is 2. The molecule has 80 valence electrons. The molecule has 0 heterocycles. The fourth-order valence-corrected chi connectivity index (χ4v) is 1.04. The Morgan fingerprint density at radius 3 is 2.73 bits per heavy atom. The van der Waals surface area contributed by atoms with E-state index in [-0.39, 0.29) is 12.5 Å². The van der Waals surface area contributed by atoms with Crippen LogP contribution in [0.1, 0.15) is 12.5 Å². The van der Waals surface area contributed by atoms with Gasteiger partial charge in [-0.1, -0.05) is 30.3 Å². The summed E-state index contributed by atoms with van der Waals surface area (Å²) >= 11 is 0. The summed E-state index contributed by atoms with van der Waals surface area (Å²) in [6.45, 7) is 1.90. The number of aliphatic hydroxyl groups is 1. The first kappa shape index (κ1) is 11.5. The lowest BCUT2D eigenvalue weighted by atomic mass is 10.2. The molecule has 0 saturated carbocycles. The second kappa shape index (κ2) is 5.98. The zero-order chi connectivity index (χ0) is 11.1. The number of benzene rings is 1. The molecule has 1 aromatic carbocycles. The fourth-order valence-electron chi connectivity index (χ4n) is 1.04. The molecule has 0 bridgehead atoms. The normalized spacial score (nSPS) is 12.7. The van der Waals surface area contributed by atoms with Gasteiger partial charge in [0.2, 0.25) is 5.91 Å². The summed E-state index contributed by atoms with van der Waals surface area (Å²) in [5, 5.41) is 11.5. The van der Waals surface area contributed by atoms with E-state index in [9.17, 15) is 4.79 Å². The van der Waals surface area contributed by atoms with Gasteiger partial charge in [0.05, 0.1) is 6.10 Å². The third-order valence-electron chi connectivity index (χ3n) is 1.80. The number of hydrogen-bond acceptors (Lipinski definition) is 2. The van der Waals surface area contributed by atoms with Crippen LogP contribution < -0.4 is 5.32 Å². The molecule has 0 aliphatic heterocycles. The molecule has 0 aromatic heterocycles. The summed E-state index contributed by atoms with van der Waals surface area (Å²) < 4.78 is 0. The predicted molar refractivity (Wildman–Crippen MR) is 60.2 cm³/mol. The van der Waals surface area contributed by atoms with E-state index in [4.69, 9.17) is 5.11 Å². The Morgan fingerprint density at radius 1 is 1.47 bits per heavy atom. The monoisotopic (exact) mass is 205 g/mol. The van der Waals surface area contributed by atoms with Crippen molar-refractivity contribution in [2.45, 2.75) is 13.0 Å². The van der Waals surface area contributed by atoms with Gasteiger partial charge in [-0.25, -0.2) is 0 Å². The van der Waals surface area contributed by atoms with Crippen LogP contribution in [-0.4, -0.2) is 23.7 Å². The maximum atomic E-state index is 11.2. The standard InChI is InChI=1S/C12H15NO2/c1-10(14)9-13-12(15)8-7-11-5-3-2-4-6-11/h2-8,10,14H,9H2,1H3,(H,13,15). The van der Waals surface area contributed by atoms with Gasteiger partial charge in [0.15, 0.2) is 0 Å². The summed E-state index contributed by atoms with van der Waals surface area (Å²) in [6.07, 6.45) is 2.67. The third-order valence-corrected chi connectivity index (χ3v) is 1.80. The van der Waals surface area contributed by atoms with Crippen molar-refractivity contribution in [1.82, 2.24) is 5.32 Å². The van der Waals surface area contributed by atoms with Crippen LogP contribution in [0.25, 0.3) is 6.08 Å². The highest BCUT2D eigenvalue weighted by atomic mass is 16.3. The highest BCUT2D eigenvalue weighted by Crippen LogP contribution is 2.00. The Morgan fingerprint density at radius 2 is 2.13 bits per heavy atom. The zero-order valence-electron chi connectivity index (χ0n) is 8.68. The van der Waals surface area contributed by atoms with E-state index in [0.29, 0.717) is 0 Å². The molecule has 3 nitrogen and oxygen atoms in total. The van der Waals surface area contributed by atoms with E-state index in [1.807, 2.05) is 30.3 Å². The summed E-state index contributed by atoms with van der Waals surface area (Å²) in [6, 6.07) is 9.57. The number of rotatable bonds is 4. The minimum atomic E-state index is -0.515. The van der Waals surface area contributed by atoms with Gasteiger partial charge in [0, 0.05) is 12.6 Å². The molecule has 3 heteroatoms. The van der Waals surface area contributed by atoms with E-state index in [2.05, 4.69) is 5.32 Å². The van der Waals surface area contributed by atoms with Crippen molar-refractivity contribution >= 4 is 12.0 Å². The highest BCUT2D eigenvalue weighted by molar-refractivity contribution is 5.91. The molecule has 0 fully saturated rings. The van der Waals surface area contributed by atoms with Gasteiger partial charge < -0.3 is 10.4 Å². The Hall–Kier alpha value is -1.61. The van der Waals surface area contributed by atoms with Crippen molar-refractivity contribution in [3.8, 4) is 0 Å². The summed E-state index contributed by atoms with van der Waals surface area (Å²) in [5.74, 6) is -0.195. The van der Waals surface area contributed by atoms with Crippen molar-refractivity contribution in [1.29, 1.82) is 0 Å². The molecule has 1 aromatic rings. The van der Waals surface area contributed by atoms with E-state index in [1.54, 1.807) is 13.0 Å². The lowest BCUT2D eigenvalue weighted by Crippen LogP contribution is -2.28. The third kappa shape index (κ3) is 4.98. The maximum absolute atomic E-state index is 11.2. The van der Waals surface area contributed by atoms with E-state index in [1.165, 1.54) is 6.08 Å². The average Bonchev–Trinajstić information content (AvgIpc) is 2.25. The number of amides is 1. The SMILES string of the molecule is CC(O)CNC(=O)C=Cc1ccccc1. The Bertz CT molecular complexity index is 331. The van der Waals surface area contributed by atoms with Crippen molar-refractivity contribution in [2.24, 2.45) is 0 Å². The number of carbonyl (C=O) groups excluding carboxylic acids is 1. The number of carbonyl (C=O) groups is 1. The van der Waals surface area contributed by atoms with Crippen LogP contribution in [0.5, 0.6) is 0 Å². The minimum absolute atomic E-state index is 0.195. The Labute approximate surface area is 89.4 Å². The first-order chi connectivity index (χ1) is 7.18. The van der Waals surface area contributed by atoms with Gasteiger partial charge in [-0.2, -0.15) is 0 Å². The number of aliphatic hydroxyl groups excluding tert-OH is 1. The highest BCUT2D eigenvalue weighted by Gasteiger charge is 1.97. The fraction of sp³-hybridized carbons (Fsp3) is 0.250. The molecule has 0 radical (unpaired) electrons. The van der Waals surface area contributed by atoms with Crippen molar-refractivity contribution in [3.63, 3.8) is 0 Å². The molecule has 0 saturated heterocycles. The second-order valence-corrected chi connectivity index (χ2v) is 3.34. The van der Waals surface area contributed by atoms with Crippen LogP contribution in [0.15, 0.2) is 36.4 Å². The number of nitrogens with one attached hydrogen (secondary N) is 1. The summed E-state index contributed by atoms with van der Waals surface area (Å²) in [4.78, 5) is 11.2. The lowest BCUT2D eigenvalue weighted by molar-refractivity contribution is -0.116. The van der Waals surface area contributed by atoms with Gasteiger partial charge in [-0.3, -0.25) is 4.79 Å². The van der Waals surface area contributed by atoms with Crippen LogP contribution in [-0.2, 0) is 4.79 Å². The van der Waals surface area contributed by atoms with Crippen LogP contribution in [0.4, 0.5) is 0 Å². The molecule has 1 amide bonds. The second-order valence-electron chi connectivity index (χ2n) is 3.34. The quantitative estimate of drug-likeness (QED) is 0.725. The van der Waals surface area contributed by atoms with Crippen LogP contribution >= 0.6 is 0 Å². The minimum Gasteiger partial charge on any atom is -0.392 e. The molecule has 1 unspecified atom stereocenters. The van der Waals surface area contributed by atoms with Crippen LogP contribution in [0.2, 0.25) is 0 Å². The van der Waals surface area contributed by atoms with Crippen LogP contribution in [0.3, 0.4) is 0 Å². The summed E-state index contributed by atoms with van der Waals surface area (Å²) in [5.41, 5.74) is 0.977. The molecule has 2 N–H and O–H groups in total. The molecule has 0 spiro atoms. The van der Waals surface area contributed by atoms with E-state index >= 15 is 0 Å². The predicted octanol–water partition coefficient (Wildman–Crippen LogP) is 1.20. The zero-order valence-corrected chi connectivity index (χ0v) is 8.68. The van der Waals surface area contributed by atoms with Crippen molar-refractivity contribution in [3.05, 3.63) is 42.0 Å². The maximum Gasteiger partial charge on any atom is 0.244 e.